The summed E-state index contributed by atoms with van der Waals surface area (Å²) in [4.78, 5) is 2.39. The van der Waals surface area contributed by atoms with Crippen molar-refractivity contribution in [2.75, 3.05) is 51.0 Å². The van der Waals surface area contributed by atoms with E-state index >= 15 is 0 Å². The molecule has 2 fully saturated rings. The van der Waals surface area contributed by atoms with E-state index in [9.17, 15) is 4.39 Å². The molecule has 3 heterocycles. The Morgan fingerprint density at radius 3 is 2.35 bits per heavy atom. The van der Waals surface area contributed by atoms with Crippen molar-refractivity contribution in [1.29, 1.82) is 0 Å². The van der Waals surface area contributed by atoms with Crippen LogP contribution in [-0.2, 0) is 28.5 Å². The van der Waals surface area contributed by atoms with Crippen molar-refractivity contribution in [3.05, 3.63) is 46.9 Å². The van der Waals surface area contributed by atoms with E-state index in [1.165, 1.54) is 16.9 Å². The molecule has 0 saturated carbocycles. The quantitative estimate of drug-likeness (QED) is 0.730. The maximum Gasteiger partial charge on any atom is 0.131 e. The van der Waals surface area contributed by atoms with Crippen LogP contribution in [0.15, 0.2) is 24.3 Å². The molecule has 0 aliphatic carbocycles. The van der Waals surface area contributed by atoms with Crippen LogP contribution in [0.2, 0.25) is 0 Å². The van der Waals surface area contributed by atoms with Crippen LogP contribution in [0.4, 0.5) is 10.2 Å². The lowest BCUT2D eigenvalue weighted by Gasteiger charge is -2.38. The van der Waals surface area contributed by atoms with Crippen molar-refractivity contribution in [1.82, 2.24) is 15.1 Å². The number of morpholine rings is 1. The lowest BCUT2D eigenvalue weighted by molar-refractivity contribution is 0.0497. The summed E-state index contributed by atoms with van der Waals surface area (Å²) in [5, 5.41) is 8.62. The molecule has 2 saturated heterocycles. The summed E-state index contributed by atoms with van der Waals surface area (Å²) in [6, 6.07) is 7.01. The third-order valence-electron chi connectivity index (χ3n) is 6.67. The van der Waals surface area contributed by atoms with E-state index in [0.717, 1.165) is 71.1 Å². The summed E-state index contributed by atoms with van der Waals surface area (Å²) in [6.07, 6.45) is 1.87. The van der Waals surface area contributed by atoms with Crippen LogP contribution in [0.1, 0.15) is 49.4 Å². The van der Waals surface area contributed by atoms with Crippen LogP contribution in [0.3, 0.4) is 0 Å². The fourth-order valence-electron chi connectivity index (χ4n) is 4.94. The summed E-state index contributed by atoms with van der Waals surface area (Å²) in [5.41, 5.74) is 3.58. The van der Waals surface area contributed by atoms with Crippen molar-refractivity contribution < 1.29 is 13.9 Å². The van der Waals surface area contributed by atoms with Gasteiger partial charge in [-0.15, -0.1) is 0 Å². The number of benzene rings is 1. The van der Waals surface area contributed by atoms with Crippen LogP contribution in [-0.4, -0.2) is 55.8 Å². The Kier molecular flexibility index (Phi) is 6.94. The summed E-state index contributed by atoms with van der Waals surface area (Å²) in [6.45, 7) is 10.8. The summed E-state index contributed by atoms with van der Waals surface area (Å²) in [7, 11) is 2.04. The van der Waals surface area contributed by atoms with Gasteiger partial charge in [0.2, 0.25) is 0 Å². The monoisotopic (exact) mass is 430 g/mol. The number of hydrogen-bond donors (Lipinski definition) is 1. The van der Waals surface area contributed by atoms with Gasteiger partial charge in [0.15, 0.2) is 0 Å². The summed E-state index contributed by atoms with van der Waals surface area (Å²) in [5.74, 6) is 1.36. The van der Waals surface area contributed by atoms with E-state index in [0.29, 0.717) is 5.92 Å². The van der Waals surface area contributed by atoms with E-state index in [4.69, 9.17) is 14.6 Å². The zero-order valence-electron chi connectivity index (χ0n) is 19.0. The standard InChI is InChI=1S/C24H35FN4O2/c1-18(2)22-21(23(28(3)27-22)29-10-14-31-15-11-29)16-26-17-24(8-12-30-13-9-24)19-4-6-20(25)7-5-19/h4-7,18,26H,8-17H2,1-3H3. The number of aryl methyl sites for hydroxylation is 1. The maximum absolute atomic E-state index is 13.5. The Labute approximate surface area is 184 Å². The lowest BCUT2D eigenvalue weighted by atomic mass is 9.74. The number of rotatable bonds is 7. The fourth-order valence-corrected chi connectivity index (χ4v) is 4.94. The molecule has 0 atom stereocenters. The van der Waals surface area contributed by atoms with Gasteiger partial charge in [-0.05, 0) is 36.5 Å². The van der Waals surface area contributed by atoms with Gasteiger partial charge >= 0.3 is 0 Å². The van der Waals surface area contributed by atoms with E-state index in [-0.39, 0.29) is 11.2 Å². The molecule has 0 unspecified atom stereocenters. The van der Waals surface area contributed by atoms with Gasteiger partial charge in [-0.1, -0.05) is 26.0 Å². The Balaban J connectivity index is 1.55. The van der Waals surface area contributed by atoms with E-state index in [1.54, 1.807) is 12.1 Å². The molecule has 170 valence electrons. The number of ether oxygens (including phenoxy) is 2. The molecule has 0 radical (unpaired) electrons. The maximum atomic E-state index is 13.5. The Morgan fingerprint density at radius 1 is 1.06 bits per heavy atom. The highest BCUT2D eigenvalue weighted by Crippen LogP contribution is 2.35. The molecule has 0 bridgehead atoms. The third kappa shape index (κ3) is 4.78. The van der Waals surface area contributed by atoms with Gasteiger partial charge in [0, 0.05) is 57.4 Å². The van der Waals surface area contributed by atoms with Crippen molar-refractivity contribution in [3.8, 4) is 0 Å². The number of nitrogens with one attached hydrogen (secondary N) is 1. The molecule has 4 rings (SSSR count). The third-order valence-corrected chi connectivity index (χ3v) is 6.67. The topological polar surface area (TPSA) is 51.5 Å². The minimum absolute atomic E-state index is 0.0364. The molecule has 0 amide bonds. The van der Waals surface area contributed by atoms with E-state index in [1.807, 2.05) is 23.9 Å². The largest absolute Gasteiger partial charge is 0.381 e. The molecule has 1 aromatic heterocycles. The van der Waals surface area contributed by atoms with Gasteiger partial charge in [-0.2, -0.15) is 5.10 Å². The van der Waals surface area contributed by atoms with Crippen LogP contribution < -0.4 is 10.2 Å². The highest BCUT2D eigenvalue weighted by atomic mass is 19.1. The zero-order valence-corrected chi connectivity index (χ0v) is 19.0. The molecule has 0 spiro atoms. The number of hydrogen-bond acceptors (Lipinski definition) is 5. The van der Waals surface area contributed by atoms with Crippen LogP contribution >= 0.6 is 0 Å². The number of aromatic nitrogens is 2. The normalized spacial score (nSPS) is 19.2. The van der Waals surface area contributed by atoms with Gasteiger partial charge in [-0.3, -0.25) is 4.68 Å². The average molecular weight is 431 g/mol. The zero-order chi connectivity index (χ0) is 21.8. The second-order valence-corrected chi connectivity index (χ2v) is 9.07. The van der Waals surface area contributed by atoms with Gasteiger partial charge in [0.25, 0.3) is 0 Å². The first-order valence-electron chi connectivity index (χ1n) is 11.4. The Hall–Kier alpha value is -1.96. The molecular formula is C24H35FN4O2. The van der Waals surface area contributed by atoms with Gasteiger partial charge < -0.3 is 19.7 Å². The first-order valence-corrected chi connectivity index (χ1v) is 11.4. The number of halogens is 1. The number of nitrogens with zero attached hydrogens (tertiary/aromatic N) is 3. The van der Waals surface area contributed by atoms with Gasteiger partial charge in [0.05, 0.1) is 18.9 Å². The molecule has 2 aliphatic heterocycles. The number of anilines is 1. The highest BCUT2D eigenvalue weighted by Gasteiger charge is 2.34. The molecule has 2 aliphatic rings. The Morgan fingerprint density at radius 2 is 1.71 bits per heavy atom. The Bertz CT molecular complexity index is 853. The predicted molar refractivity (Wildman–Crippen MR) is 120 cm³/mol. The summed E-state index contributed by atoms with van der Waals surface area (Å²) >= 11 is 0. The SMILES string of the molecule is CC(C)c1nn(C)c(N2CCOCC2)c1CNCC1(c2ccc(F)cc2)CCOCC1. The van der Waals surface area contributed by atoms with Crippen molar-refractivity contribution >= 4 is 5.82 Å². The molecule has 6 nitrogen and oxygen atoms in total. The molecule has 31 heavy (non-hydrogen) atoms. The van der Waals surface area contributed by atoms with Crippen molar-refractivity contribution in [2.45, 2.75) is 44.6 Å². The van der Waals surface area contributed by atoms with Gasteiger partial charge in [0.1, 0.15) is 11.6 Å². The highest BCUT2D eigenvalue weighted by molar-refractivity contribution is 5.51. The van der Waals surface area contributed by atoms with Gasteiger partial charge in [-0.25, -0.2) is 4.39 Å². The molecular weight excluding hydrogens is 395 g/mol. The molecule has 1 N–H and O–H groups in total. The molecule has 1 aromatic carbocycles. The molecule has 7 heteroatoms. The first kappa shape index (κ1) is 22.2. The predicted octanol–water partition coefficient (Wildman–Crippen LogP) is 3.36. The second kappa shape index (κ2) is 9.67. The van der Waals surface area contributed by atoms with Crippen LogP contribution in [0, 0.1) is 5.82 Å². The second-order valence-electron chi connectivity index (χ2n) is 9.07. The van der Waals surface area contributed by atoms with E-state index < -0.39 is 0 Å². The minimum Gasteiger partial charge on any atom is -0.381 e. The minimum atomic E-state index is -0.189. The van der Waals surface area contributed by atoms with Crippen molar-refractivity contribution in [2.24, 2.45) is 7.05 Å². The average Bonchev–Trinajstić information content (AvgIpc) is 3.12. The fraction of sp³-hybridized carbons (Fsp3) is 0.625. The molecule has 2 aromatic rings. The van der Waals surface area contributed by atoms with Crippen LogP contribution in [0.5, 0.6) is 0 Å². The smallest absolute Gasteiger partial charge is 0.131 e. The lowest BCUT2D eigenvalue weighted by Crippen LogP contribution is -2.43. The van der Waals surface area contributed by atoms with E-state index in [2.05, 4.69) is 24.1 Å². The van der Waals surface area contributed by atoms with Crippen molar-refractivity contribution in [3.63, 3.8) is 0 Å². The van der Waals surface area contributed by atoms with Crippen LogP contribution in [0.25, 0.3) is 0 Å². The first-order chi connectivity index (χ1) is 15.0. The summed E-state index contributed by atoms with van der Waals surface area (Å²) < 4.78 is 26.8.